The molecule has 0 unspecified atom stereocenters. The zero-order valence-electron chi connectivity index (χ0n) is 10.5. The van der Waals surface area contributed by atoms with Crippen molar-refractivity contribution in [1.29, 1.82) is 0 Å². The second-order valence-electron chi connectivity index (χ2n) is 3.98. The summed E-state index contributed by atoms with van der Waals surface area (Å²) in [5.74, 6) is -30.0. The highest BCUT2D eigenvalue weighted by Crippen LogP contribution is 2.55. The van der Waals surface area contributed by atoms with Crippen LogP contribution in [0, 0.1) is 0 Å². The molecule has 0 amide bonds. The minimum atomic E-state index is -7.94. The Labute approximate surface area is 125 Å². The lowest BCUT2D eigenvalue weighted by Gasteiger charge is -2.36. The van der Waals surface area contributed by atoms with E-state index in [0.29, 0.717) is 0 Å². The topological polar surface area (TPSA) is 43.4 Å². The Morgan fingerprint density at radius 3 is 1.20 bits per heavy atom. The van der Waals surface area contributed by atoms with Gasteiger partial charge in [0, 0.05) is 0 Å². The van der Waals surface area contributed by atoms with Crippen molar-refractivity contribution >= 4 is 12.1 Å². The monoisotopic (exact) mass is 410 g/mol. The maximum atomic E-state index is 12.8. The molecule has 0 aromatic rings. The maximum Gasteiger partial charge on any atom is 0.459 e. The molecular formula is C8F14O3. The average Bonchev–Trinajstić information content (AvgIpc) is 2.35. The predicted molar refractivity (Wildman–Crippen MR) is 43.0 cm³/mol. The van der Waals surface area contributed by atoms with E-state index in [1.165, 1.54) is 4.74 Å². The molecule has 0 saturated carbocycles. The predicted octanol–water partition coefficient (Wildman–Crippen LogP) is 3.72. The molecule has 0 heterocycles. The van der Waals surface area contributed by atoms with E-state index in [2.05, 4.69) is 0 Å². The molecule has 0 aromatic carbocycles. The van der Waals surface area contributed by atoms with Crippen molar-refractivity contribution in [2.45, 2.75) is 35.9 Å². The quantitative estimate of drug-likeness (QED) is 0.475. The molecule has 0 saturated heterocycles. The van der Waals surface area contributed by atoms with Crippen molar-refractivity contribution in [3.05, 3.63) is 0 Å². The third-order valence-corrected chi connectivity index (χ3v) is 2.29. The Morgan fingerprint density at radius 1 is 0.600 bits per heavy atom. The number of hydrogen-bond acceptors (Lipinski definition) is 3. The molecule has 0 aliphatic heterocycles. The molecule has 0 rings (SSSR count). The van der Waals surface area contributed by atoms with Crippen molar-refractivity contribution < 1.29 is 75.8 Å². The molecule has 0 N–H and O–H groups in total. The van der Waals surface area contributed by atoms with Crippen LogP contribution in [0.1, 0.15) is 0 Å². The maximum absolute atomic E-state index is 12.8. The van der Waals surface area contributed by atoms with Crippen LogP contribution < -0.4 is 0 Å². The van der Waals surface area contributed by atoms with Gasteiger partial charge < -0.3 is 0 Å². The first-order valence-electron chi connectivity index (χ1n) is 4.96. The van der Waals surface area contributed by atoms with Crippen LogP contribution in [-0.2, 0) is 14.3 Å². The van der Waals surface area contributed by atoms with Gasteiger partial charge in [-0.1, -0.05) is 0 Å². The first-order valence-corrected chi connectivity index (χ1v) is 4.96. The Morgan fingerprint density at radius 2 is 0.960 bits per heavy atom. The minimum absolute atomic E-state index is 1.43. The summed E-state index contributed by atoms with van der Waals surface area (Å²) in [7, 11) is 0. The second kappa shape index (κ2) is 5.94. The lowest BCUT2D eigenvalue weighted by Crippen LogP contribution is -2.67. The summed E-state index contributed by atoms with van der Waals surface area (Å²) in [4.78, 5) is 19.3. The van der Waals surface area contributed by atoms with Crippen molar-refractivity contribution in [3.8, 4) is 0 Å². The molecular weight excluding hydrogens is 410 g/mol. The summed E-state index contributed by atoms with van der Waals surface area (Å²) in [5.41, 5.74) is 0. The van der Waals surface area contributed by atoms with E-state index in [1.54, 1.807) is 0 Å². The summed E-state index contributed by atoms with van der Waals surface area (Å²) < 4.78 is 175. The standard InChI is InChI=1S/C8F14O3/c9-1(23)3(11,12)5(14,15)6(16,17)8(21,22)25-4(13,2(10)24)7(18,19)20/t4-/m0/s1. The van der Waals surface area contributed by atoms with Crippen LogP contribution in [0.2, 0.25) is 0 Å². The van der Waals surface area contributed by atoms with E-state index in [4.69, 9.17) is 0 Å². The van der Waals surface area contributed by atoms with Crippen LogP contribution in [0.4, 0.5) is 61.5 Å². The van der Waals surface area contributed by atoms with Gasteiger partial charge in [0.2, 0.25) is 0 Å². The van der Waals surface area contributed by atoms with E-state index in [-0.39, 0.29) is 0 Å². The van der Waals surface area contributed by atoms with Crippen LogP contribution >= 0.6 is 0 Å². The smallest absolute Gasteiger partial charge is 0.261 e. The molecule has 0 spiro atoms. The normalized spacial score (nSPS) is 17.2. The van der Waals surface area contributed by atoms with Crippen molar-refractivity contribution in [1.82, 2.24) is 0 Å². The van der Waals surface area contributed by atoms with Gasteiger partial charge >= 0.3 is 48.0 Å². The van der Waals surface area contributed by atoms with Gasteiger partial charge in [0.15, 0.2) is 0 Å². The van der Waals surface area contributed by atoms with E-state index in [1.807, 2.05) is 0 Å². The summed E-state index contributed by atoms with van der Waals surface area (Å²) >= 11 is 0. The van der Waals surface area contributed by atoms with Crippen molar-refractivity contribution in [3.63, 3.8) is 0 Å². The van der Waals surface area contributed by atoms with E-state index < -0.39 is 48.0 Å². The second-order valence-corrected chi connectivity index (χ2v) is 3.98. The van der Waals surface area contributed by atoms with Gasteiger partial charge in [-0.15, -0.1) is 0 Å². The highest BCUT2D eigenvalue weighted by molar-refractivity contribution is 5.78. The van der Waals surface area contributed by atoms with Crippen LogP contribution in [0.5, 0.6) is 0 Å². The third-order valence-electron chi connectivity index (χ3n) is 2.29. The average molecular weight is 410 g/mol. The summed E-state index contributed by atoms with van der Waals surface area (Å²) in [5, 5.41) is 0. The molecule has 25 heavy (non-hydrogen) atoms. The zero-order chi connectivity index (χ0) is 20.9. The molecule has 3 nitrogen and oxygen atoms in total. The lowest BCUT2D eigenvalue weighted by molar-refractivity contribution is -0.471. The Kier molecular flexibility index (Phi) is 5.54. The Hall–Kier alpha value is -1.68. The third kappa shape index (κ3) is 3.37. The first-order chi connectivity index (χ1) is 10.6. The number of carbonyl (C=O) groups excluding carboxylic acids is 2. The number of hydrogen-bond donors (Lipinski definition) is 0. The number of carbonyl (C=O) groups is 2. The summed E-state index contributed by atoms with van der Waals surface area (Å²) in [6, 6.07) is -9.22. The molecule has 17 heteroatoms. The number of ether oxygens (including phenoxy) is 1. The molecule has 0 aromatic heterocycles. The molecule has 1 atom stereocenters. The Bertz CT molecular complexity index is 551. The van der Waals surface area contributed by atoms with E-state index >= 15 is 0 Å². The van der Waals surface area contributed by atoms with Crippen LogP contribution in [0.25, 0.3) is 0 Å². The van der Waals surface area contributed by atoms with Gasteiger partial charge in [0.05, 0.1) is 0 Å². The van der Waals surface area contributed by atoms with Gasteiger partial charge in [-0.05, 0) is 0 Å². The highest BCUT2D eigenvalue weighted by atomic mass is 19.4. The van der Waals surface area contributed by atoms with Gasteiger partial charge in [-0.25, -0.2) is 0 Å². The number of alkyl halides is 12. The highest BCUT2D eigenvalue weighted by Gasteiger charge is 2.86. The fraction of sp³-hybridized carbons (Fsp3) is 0.750. The first kappa shape index (κ1) is 23.3. The SMILES string of the molecule is O=C(F)C(F)(F)C(F)(F)C(F)(F)C(F)(F)O[C@@](F)(C(=O)F)C(F)(F)F. The van der Waals surface area contributed by atoms with E-state index in [9.17, 15) is 71.1 Å². The van der Waals surface area contributed by atoms with Gasteiger partial charge in [-0.3, -0.25) is 14.3 Å². The molecule has 0 radical (unpaired) electrons. The van der Waals surface area contributed by atoms with Gasteiger partial charge in [0.1, 0.15) is 0 Å². The summed E-state index contributed by atoms with van der Waals surface area (Å²) in [6.45, 7) is 0. The zero-order valence-corrected chi connectivity index (χ0v) is 10.5. The fourth-order valence-electron chi connectivity index (χ4n) is 0.954. The van der Waals surface area contributed by atoms with Gasteiger partial charge in [-0.2, -0.15) is 61.5 Å². The lowest BCUT2D eigenvalue weighted by atomic mass is 10.0. The molecule has 0 fully saturated rings. The molecule has 0 aliphatic carbocycles. The van der Waals surface area contributed by atoms with Crippen molar-refractivity contribution in [2.24, 2.45) is 0 Å². The summed E-state index contributed by atoms with van der Waals surface area (Å²) in [6.07, 6.45) is -14.9. The van der Waals surface area contributed by atoms with Crippen molar-refractivity contribution in [2.75, 3.05) is 0 Å². The van der Waals surface area contributed by atoms with Crippen LogP contribution in [0.15, 0.2) is 0 Å². The molecule has 0 aliphatic rings. The van der Waals surface area contributed by atoms with Crippen LogP contribution in [0.3, 0.4) is 0 Å². The fourth-order valence-corrected chi connectivity index (χ4v) is 0.954. The number of halogens is 14. The number of rotatable bonds is 7. The molecule has 148 valence electrons. The largest absolute Gasteiger partial charge is 0.459 e. The Balaban J connectivity index is 6.24. The van der Waals surface area contributed by atoms with Crippen LogP contribution in [-0.4, -0.2) is 48.0 Å². The minimum Gasteiger partial charge on any atom is -0.261 e. The molecule has 0 bridgehead atoms. The van der Waals surface area contributed by atoms with Gasteiger partial charge in [0.25, 0.3) is 0 Å². The van der Waals surface area contributed by atoms with E-state index in [0.717, 1.165) is 0 Å².